The number of benzene rings is 1. The van der Waals surface area contributed by atoms with E-state index in [2.05, 4.69) is 53.2 Å². The average Bonchev–Trinajstić information content (AvgIpc) is 3.14. The average molecular weight is 498 g/mol. The van der Waals surface area contributed by atoms with Crippen molar-refractivity contribution in [2.24, 2.45) is 4.99 Å². The molecule has 0 atom stereocenters. The van der Waals surface area contributed by atoms with Crippen LogP contribution in [-0.4, -0.2) is 37.5 Å². The Kier molecular flexibility index (Phi) is 9.55. The Labute approximate surface area is 186 Å². The van der Waals surface area contributed by atoms with Gasteiger partial charge in [0.2, 0.25) is 5.91 Å². The number of nitrogens with one attached hydrogen (secondary N) is 3. The van der Waals surface area contributed by atoms with Gasteiger partial charge >= 0.3 is 0 Å². The van der Waals surface area contributed by atoms with Crippen LogP contribution in [0.3, 0.4) is 0 Å². The molecule has 156 valence electrons. The van der Waals surface area contributed by atoms with Gasteiger partial charge in [-0.3, -0.25) is 9.79 Å². The largest absolute Gasteiger partial charge is 0.357 e. The number of rotatable bonds is 8. The molecule has 0 unspecified atom stereocenters. The number of hydrogen-bond donors (Lipinski definition) is 3. The number of nitrogens with zero attached hydrogens (tertiary/aromatic N) is 1. The molecular weight excluding hydrogens is 463 g/mol. The van der Waals surface area contributed by atoms with Gasteiger partial charge in [0.05, 0.1) is 6.54 Å². The predicted octanol–water partition coefficient (Wildman–Crippen LogP) is 3.73. The van der Waals surface area contributed by atoms with E-state index < -0.39 is 0 Å². The van der Waals surface area contributed by atoms with E-state index in [0.717, 1.165) is 31.9 Å². The molecule has 0 aromatic heterocycles. The summed E-state index contributed by atoms with van der Waals surface area (Å²) in [7, 11) is 0. The van der Waals surface area contributed by atoms with E-state index in [9.17, 15) is 4.79 Å². The van der Waals surface area contributed by atoms with Crippen LogP contribution in [0.25, 0.3) is 0 Å². The highest BCUT2D eigenvalue weighted by Gasteiger charge is 2.38. The first-order chi connectivity index (χ1) is 13.2. The molecule has 0 aliphatic heterocycles. The molecule has 0 saturated heterocycles. The van der Waals surface area contributed by atoms with Crippen molar-refractivity contribution in [1.82, 2.24) is 16.0 Å². The number of aliphatic imine (C=N–C) groups is 1. The van der Waals surface area contributed by atoms with Crippen molar-refractivity contribution in [2.75, 3.05) is 19.6 Å². The van der Waals surface area contributed by atoms with Gasteiger partial charge in [-0.15, -0.1) is 24.0 Å². The maximum absolute atomic E-state index is 12.1. The number of amides is 1. The first kappa shape index (κ1) is 23.0. The number of carbonyl (C=O) groups is 1. The molecule has 0 spiro atoms. The topological polar surface area (TPSA) is 65.5 Å². The van der Waals surface area contributed by atoms with Gasteiger partial charge in [-0.25, -0.2) is 0 Å². The fourth-order valence-electron chi connectivity index (χ4n) is 4.17. The smallest absolute Gasteiger partial charge is 0.221 e. The van der Waals surface area contributed by atoms with Crippen molar-refractivity contribution in [3.05, 3.63) is 35.9 Å². The number of halogens is 1. The summed E-state index contributed by atoms with van der Waals surface area (Å²) in [4.78, 5) is 16.9. The molecule has 3 N–H and O–H groups in total. The molecule has 5 nitrogen and oxygen atoms in total. The minimum atomic E-state index is 0. The summed E-state index contributed by atoms with van der Waals surface area (Å²) >= 11 is 0. The Morgan fingerprint density at radius 2 is 1.82 bits per heavy atom. The minimum absolute atomic E-state index is 0. The zero-order chi connectivity index (χ0) is 19.0. The highest BCUT2D eigenvalue weighted by atomic mass is 127. The molecule has 1 amide bonds. The van der Waals surface area contributed by atoms with Crippen LogP contribution in [0.5, 0.6) is 0 Å². The zero-order valence-corrected chi connectivity index (χ0v) is 19.3. The highest BCUT2D eigenvalue weighted by molar-refractivity contribution is 14.0. The SMILES string of the molecule is CCNC(=NCC1(c2ccccc2)CCC1)NCCC(=O)NC1CCCC1.I. The Balaban J connectivity index is 0.00000280. The summed E-state index contributed by atoms with van der Waals surface area (Å²) in [5.74, 6) is 0.957. The molecule has 0 heterocycles. The maximum Gasteiger partial charge on any atom is 0.221 e. The first-order valence-electron chi connectivity index (χ1n) is 10.6. The molecule has 28 heavy (non-hydrogen) atoms. The van der Waals surface area contributed by atoms with Gasteiger partial charge < -0.3 is 16.0 Å². The number of guanidine groups is 1. The van der Waals surface area contributed by atoms with Gasteiger partial charge in [0.15, 0.2) is 5.96 Å². The Morgan fingerprint density at radius 3 is 2.43 bits per heavy atom. The van der Waals surface area contributed by atoms with Gasteiger partial charge in [0, 0.05) is 31.0 Å². The van der Waals surface area contributed by atoms with Crippen LogP contribution in [-0.2, 0) is 10.2 Å². The predicted molar refractivity (Wildman–Crippen MR) is 126 cm³/mol. The lowest BCUT2D eigenvalue weighted by atomic mass is 9.64. The van der Waals surface area contributed by atoms with Crippen molar-refractivity contribution >= 4 is 35.8 Å². The summed E-state index contributed by atoms with van der Waals surface area (Å²) in [6, 6.07) is 11.1. The lowest BCUT2D eigenvalue weighted by Gasteiger charge is -2.41. The van der Waals surface area contributed by atoms with Gasteiger partial charge in [-0.05, 0) is 38.2 Å². The quantitative estimate of drug-likeness (QED) is 0.291. The van der Waals surface area contributed by atoms with Gasteiger partial charge in [-0.2, -0.15) is 0 Å². The van der Waals surface area contributed by atoms with Gasteiger partial charge in [0.1, 0.15) is 0 Å². The van der Waals surface area contributed by atoms with Crippen molar-refractivity contribution < 1.29 is 4.79 Å². The molecule has 1 aromatic carbocycles. The van der Waals surface area contributed by atoms with E-state index >= 15 is 0 Å². The molecule has 2 aliphatic rings. The first-order valence-corrected chi connectivity index (χ1v) is 10.6. The van der Waals surface area contributed by atoms with Crippen molar-refractivity contribution in [1.29, 1.82) is 0 Å². The third kappa shape index (κ3) is 6.36. The highest BCUT2D eigenvalue weighted by Crippen LogP contribution is 2.43. The van der Waals surface area contributed by atoms with E-state index in [-0.39, 0.29) is 35.3 Å². The molecule has 2 saturated carbocycles. The lowest BCUT2D eigenvalue weighted by molar-refractivity contribution is -0.121. The zero-order valence-electron chi connectivity index (χ0n) is 17.0. The van der Waals surface area contributed by atoms with Crippen LogP contribution in [0.15, 0.2) is 35.3 Å². The summed E-state index contributed by atoms with van der Waals surface area (Å²) in [6.45, 7) is 4.29. The molecule has 0 radical (unpaired) electrons. The summed E-state index contributed by atoms with van der Waals surface area (Å²) in [6.07, 6.45) is 8.90. The molecule has 2 aliphatic carbocycles. The number of hydrogen-bond acceptors (Lipinski definition) is 2. The second-order valence-electron chi connectivity index (χ2n) is 7.92. The minimum Gasteiger partial charge on any atom is -0.357 e. The standard InChI is InChI=1S/C22H34N4O.HI/c1-2-23-21(24-16-13-20(27)26-19-11-6-7-12-19)25-17-22(14-8-15-22)18-9-4-3-5-10-18;/h3-5,9-10,19H,2,6-8,11-17H2,1H3,(H,26,27)(H2,23,24,25);1H. The fraction of sp³-hybridized carbons (Fsp3) is 0.636. The molecule has 6 heteroatoms. The molecule has 3 rings (SSSR count). The molecule has 0 bridgehead atoms. The summed E-state index contributed by atoms with van der Waals surface area (Å²) < 4.78 is 0. The Bertz CT molecular complexity index is 625. The summed E-state index contributed by atoms with van der Waals surface area (Å²) in [5, 5.41) is 9.78. The van der Waals surface area contributed by atoms with E-state index in [4.69, 9.17) is 4.99 Å². The second kappa shape index (κ2) is 11.6. The second-order valence-corrected chi connectivity index (χ2v) is 7.92. The van der Waals surface area contributed by atoms with Gasteiger partial charge in [-0.1, -0.05) is 49.6 Å². The van der Waals surface area contributed by atoms with Crippen LogP contribution in [0.2, 0.25) is 0 Å². The van der Waals surface area contributed by atoms with Crippen molar-refractivity contribution in [3.63, 3.8) is 0 Å². The Morgan fingerprint density at radius 1 is 1.11 bits per heavy atom. The lowest BCUT2D eigenvalue weighted by Crippen LogP contribution is -2.43. The Hall–Kier alpha value is -1.31. The monoisotopic (exact) mass is 498 g/mol. The fourth-order valence-corrected chi connectivity index (χ4v) is 4.17. The third-order valence-electron chi connectivity index (χ3n) is 5.95. The molecule has 1 aromatic rings. The molecular formula is C22H35IN4O. The van der Waals surface area contributed by atoms with Crippen LogP contribution in [0, 0.1) is 0 Å². The van der Waals surface area contributed by atoms with Crippen LogP contribution in [0.4, 0.5) is 0 Å². The van der Waals surface area contributed by atoms with Crippen LogP contribution in [0.1, 0.15) is 63.9 Å². The maximum atomic E-state index is 12.1. The summed E-state index contributed by atoms with van der Waals surface area (Å²) in [5.41, 5.74) is 1.58. The van der Waals surface area contributed by atoms with E-state index in [0.29, 0.717) is 19.0 Å². The normalized spacial score (nSPS) is 18.7. The van der Waals surface area contributed by atoms with E-state index in [1.165, 1.54) is 37.7 Å². The van der Waals surface area contributed by atoms with Crippen LogP contribution < -0.4 is 16.0 Å². The van der Waals surface area contributed by atoms with Gasteiger partial charge in [0.25, 0.3) is 0 Å². The third-order valence-corrected chi connectivity index (χ3v) is 5.95. The number of carbonyl (C=O) groups excluding carboxylic acids is 1. The van der Waals surface area contributed by atoms with E-state index in [1.807, 2.05) is 0 Å². The van der Waals surface area contributed by atoms with Crippen molar-refractivity contribution in [2.45, 2.75) is 69.7 Å². The van der Waals surface area contributed by atoms with E-state index in [1.54, 1.807) is 0 Å². The van der Waals surface area contributed by atoms with Crippen molar-refractivity contribution in [3.8, 4) is 0 Å². The molecule has 2 fully saturated rings. The van der Waals surface area contributed by atoms with Crippen LogP contribution >= 0.6 is 24.0 Å².